The fourth-order valence-electron chi connectivity index (χ4n) is 2.97. The third-order valence-corrected chi connectivity index (χ3v) is 4.00. The molecule has 1 saturated heterocycles. The monoisotopic (exact) mass is 269 g/mol. The van der Waals surface area contributed by atoms with Crippen molar-refractivity contribution >= 4 is 11.9 Å². The summed E-state index contributed by atoms with van der Waals surface area (Å²) in [4.78, 5) is 29.5. The van der Waals surface area contributed by atoms with Gasteiger partial charge in [0.1, 0.15) is 6.33 Å². The topological polar surface area (TPSA) is 75.4 Å². The molecular weight excluding hydrogens is 258 g/mol. The second kappa shape index (κ2) is 3.69. The summed E-state index contributed by atoms with van der Waals surface area (Å²) in [6.07, 6.45) is 2.26. The van der Waals surface area contributed by atoms with E-state index in [9.17, 15) is 14.7 Å². The van der Waals surface area contributed by atoms with Crippen molar-refractivity contribution in [1.29, 1.82) is 0 Å². The fraction of sp³-hybridized carbons (Fsp3) is 0.214. The number of aromatic nitrogens is 2. The molecule has 3 heterocycles. The number of nitrogens with zero attached hydrogens (tertiary/aromatic N) is 3. The Hall–Kier alpha value is -2.63. The number of amides is 1. The lowest BCUT2D eigenvalue weighted by Crippen LogP contribution is -2.45. The first-order valence-electron chi connectivity index (χ1n) is 6.39. The minimum Gasteiger partial charge on any atom is -0.476 e. The summed E-state index contributed by atoms with van der Waals surface area (Å²) in [6, 6.07) is 7.03. The van der Waals surface area contributed by atoms with Crippen molar-refractivity contribution in [2.45, 2.75) is 12.5 Å². The molecule has 1 N–H and O–H groups in total. The molecule has 6 heteroatoms. The molecule has 6 nitrogen and oxygen atoms in total. The van der Waals surface area contributed by atoms with Crippen LogP contribution in [0.4, 0.5) is 0 Å². The van der Waals surface area contributed by atoms with Crippen LogP contribution >= 0.6 is 0 Å². The van der Waals surface area contributed by atoms with Gasteiger partial charge in [0, 0.05) is 6.54 Å². The second-order valence-corrected chi connectivity index (χ2v) is 4.97. The molecule has 0 bridgehead atoms. The van der Waals surface area contributed by atoms with Gasteiger partial charge in [-0.15, -0.1) is 0 Å². The normalized spacial score (nSPS) is 19.5. The van der Waals surface area contributed by atoms with Crippen molar-refractivity contribution in [3.8, 4) is 5.69 Å². The van der Waals surface area contributed by atoms with E-state index in [-0.39, 0.29) is 17.6 Å². The number of fused-ring (bicyclic) bond motifs is 5. The van der Waals surface area contributed by atoms with E-state index in [1.807, 2.05) is 18.2 Å². The summed E-state index contributed by atoms with van der Waals surface area (Å²) >= 11 is 0. The van der Waals surface area contributed by atoms with Crippen LogP contribution in [0.15, 0.2) is 30.6 Å². The fourth-order valence-corrected chi connectivity index (χ4v) is 2.97. The molecule has 1 aromatic heterocycles. The summed E-state index contributed by atoms with van der Waals surface area (Å²) in [6.45, 7) is 0.655. The van der Waals surface area contributed by atoms with Crippen LogP contribution in [0, 0.1) is 0 Å². The van der Waals surface area contributed by atoms with E-state index >= 15 is 0 Å². The Balaban J connectivity index is 2.05. The van der Waals surface area contributed by atoms with Crippen molar-refractivity contribution in [3.63, 3.8) is 0 Å². The van der Waals surface area contributed by atoms with E-state index in [0.29, 0.717) is 23.5 Å². The van der Waals surface area contributed by atoms with E-state index in [1.165, 1.54) is 6.33 Å². The van der Waals surface area contributed by atoms with Crippen LogP contribution in [0.25, 0.3) is 5.69 Å². The molecule has 0 aliphatic carbocycles. The third kappa shape index (κ3) is 1.25. The van der Waals surface area contributed by atoms with Crippen molar-refractivity contribution < 1.29 is 14.7 Å². The smallest absolute Gasteiger partial charge is 0.356 e. The molecule has 0 radical (unpaired) electrons. The number of carbonyl (C=O) groups excluding carboxylic acids is 1. The van der Waals surface area contributed by atoms with E-state index < -0.39 is 5.97 Å². The number of carboxylic acid groups (broad SMARTS) is 1. The highest BCUT2D eigenvalue weighted by molar-refractivity contribution is 6.00. The van der Waals surface area contributed by atoms with Crippen LogP contribution in [0.1, 0.15) is 39.0 Å². The lowest BCUT2D eigenvalue weighted by Gasteiger charge is -2.39. The lowest BCUT2D eigenvalue weighted by molar-refractivity contribution is 0.0449. The summed E-state index contributed by atoms with van der Waals surface area (Å²) in [5.74, 6) is -1.10. The molecule has 20 heavy (non-hydrogen) atoms. The number of carbonyl (C=O) groups is 2. The van der Waals surface area contributed by atoms with Crippen LogP contribution in [0.5, 0.6) is 0 Å². The van der Waals surface area contributed by atoms with Gasteiger partial charge in [0.05, 0.1) is 23.0 Å². The molecular formula is C14H11N3O3. The van der Waals surface area contributed by atoms with E-state index in [1.54, 1.807) is 15.5 Å². The largest absolute Gasteiger partial charge is 0.476 e. The zero-order valence-corrected chi connectivity index (χ0v) is 10.5. The number of hydrogen-bond acceptors (Lipinski definition) is 3. The number of rotatable bonds is 1. The molecule has 4 rings (SSSR count). The van der Waals surface area contributed by atoms with Gasteiger partial charge in [-0.25, -0.2) is 9.78 Å². The molecule has 2 aromatic rings. The van der Waals surface area contributed by atoms with Crippen LogP contribution < -0.4 is 0 Å². The minimum atomic E-state index is -1.06. The molecule has 1 fully saturated rings. The van der Waals surface area contributed by atoms with Crippen molar-refractivity contribution in [2.24, 2.45) is 0 Å². The minimum absolute atomic E-state index is 0.0317. The predicted molar refractivity (Wildman–Crippen MR) is 68.9 cm³/mol. The summed E-state index contributed by atoms with van der Waals surface area (Å²) in [7, 11) is 0. The number of benzene rings is 1. The molecule has 2 aliphatic heterocycles. The summed E-state index contributed by atoms with van der Waals surface area (Å²) in [5, 5.41) is 9.28. The zero-order chi connectivity index (χ0) is 13.9. The molecule has 0 saturated carbocycles. The van der Waals surface area contributed by atoms with Crippen LogP contribution in [0.3, 0.4) is 0 Å². The number of hydrogen-bond donors (Lipinski definition) is 1. The Morgan fingerprint density at radius 2 is 2.15 bits per heavy atom. The average molecular weight is 269 g/mol. The summed E-state index contributed by atoms with van der Waals surface area (Å²) in [5.41, 5.74) is 1.92. The molecule has 1 aromatic carbocycles. The van der Waals surface area contributed by atoms with Gasteiger partial charge in [-0.2, -0.15) is 0 Å². The molecule has 1 atom stereocenters. The standard InChI is InChI=1S/C14H11N3O3/c18-13-8-3-1-2-4-9(8)17-7-15-11(14(19)20)12(17)10-5-6-16(10)13/h1-4,7,10H,5-6H2,(H,19,20). The van der Waals surface area contributed by atoms with Crippen LogP contribution in [-0.2, 0) is 0 Å². The molecule has 100 valence electrons. The first kappa shape index (κ1) is 11.2. The second-order valence-electron chi connectivity index (χ2n) is 4.97. The highest BCUT2D eigenvalue weighted by Crippen LogP contribution is 2.40. The van der Waals surface area contributed by atoms with Crippen LogP contribution in [0.2, 0.25) is 0 Å². The number of aromatic carboxylic acids is 1. The van der Waals surface area contributed by atoms with E-state index in [2.05, 4.69) is 4.98 Å². The van der Waals surface area contributed by atoms with Gasteiger partial charge in [0.25, 0.3) is 5.91 Å². The Labute approximate surface area is 114 Å². The van der Waals surface area contributed by atoms with Gasteiger partial charge < -0.3 is 10.0 Å². The molecule has 0 spiro atoms. The Morgan fingerprint density at radius 1 is 1.35 bits per heavy atom. The summed E-state index contributed by atoms with van der Waals surface area (Å²) < 4.78 is 1.74. The van der Waals surface area contributed by atoms with Gasteiger partial charge in [0.2, 0.25) is 0 Å². The van der Waals surface area contributed by atoms with Gasteiger partial charge in [0.15, 0.2) is 5.69 Å². The maximum Gasteiger partial charge on any atom is 0.356 e. The van der Waals surface area contributed by atoms with Gasteiger partial charge >= 0.3 is 5.97 Å². The van der Waals surface area contributed by atoms with E-state index in [4.69, 9.17) is 0 Å². The Morgan fingerprint density at radius 3 is 2.85 bits per heavy atom. The van der Waals surface area contributed by atoms with Crippen molar-refractivity contribution in [3.05, 3.63) is 47.5 Å². The lowest BCUT2D eigenvalue weighted by atomic mass is 9.97. The van der Waals surface area contributed by atoms with Gasteiger partial charge in [-0.3, -0.25) is 9.36 Å². The first-order valence-corrected chi connectivity index (χ1v) is 6.39. The quantitative estimate of drug-likeness (QED) is 0.850. The zero-order valence-electron chi connectivity index (χ0n) is 10.5. The number of para-hydroxylation sites is 1. The average Bonchev–Trinajstić information content (AvgIpc) is 2.79. The Kier molecular flexibility index (Phi) is 2.07. The first-order chi connectivity index (χ1) is 9.68. The highest BCUT2D eigenvalue weighted by Gasteiger charge is 2.42. The van der Waals surface area contributed by atoms with Crippen LogP contribution in [-0.4, -0.2) is 38.0 Å². The van der Waals surface area contributed by atoms with Gasteiger partial charge in [-0.05, 0) is 18.6 Å². The maximum absolute atomic E-state index is 12.5. The third-order valence-electron chi connectivity index (χ3n) is 4.00. The number of carboxylic acids is 1. The van der Waals surface area contributed by atoms with Gasteiger partial charge in [-0.1, -0.05) is 12.1 Å². The highest BCUT2D eigenvalue weighted by atomic mass is 16.4. The molecule has 2 aliphatic rings. The maximum atomic E-state index is 12.5. The SMILES string of the molecule is O=C(O)c1ncn2c1C1CCN1C(=O)c1ccccc1-2. The van der Waals surface area contributed by atoms with Crippen molar-refractivity contribution in [2.75, 3.05) is 6.54 Å². The van der Waals surface area contributed by atoms with Crippen molar-refractivity contribution in [1.82, 2.24) is 14.5 Å². The predicted octanol–water partition coefficient (Wildman–Crippen LogP) is 1.47. The molecule has 1 unspecified atom stereocenters. The Bertz CT molecular complexity index is 750. The molecule has 1 amide bonds. The van der Waals surface area contributed by atoms with E-state index in [0.717, 1.165) is 6.42 Å². The number of imidazole rings is 1.